The summed E-state index contributed by atoms with van der Waals surface area (Å²) in [6.07, 6.45) is 30.5. The Morgan fingerprint density at radius 1 is 0.540 bits per heavy atom. The van der Waals surface area contributed by atoms with Crippen molar-refractivity contribution in [3.8, 4) is 0 Å². The topological polar surface area (TPSA) is 24.1 Å². The Kier molecular flexibility index (Phi) is 9.52. The lowest BCUT2D eigenvalue weighted by molar-refractivity contribution is 0.0184. The Balaban J connectivity index is 1.17. The van der Waals surface area contributed by atoms with E-state index in [1.54, 1.807) is 88.2 Å². The number of benzene rings is 1. The second-order valence-electron chi connectivity index (χ2n) is 22.1. The first-order chi connectivity index (χ1) is 23.9. The van der Waals surface area contributed by atoms with E-state index in [9.17, 15) is 0 Å². The van der Waals surface area contributed by atoms with Gasteiger partial charge in [-0.15, -0.1) is 0 Å². The lowest BCUT2D eigenvalue weighted by Crippen LogP contribution is -2.56. The predicted octanol–water partition coefficient (Wildman–Crippen LogP) is 12.4. The van der Waals surface area contributed by atoms with E-state index in [-0.39, 0.29) is 26.7 Å². The van der Waals surface area contributed by atoms with Crippen molar-refractivity contribution in [1.82, 2.24) is 10.6 Å². The SMILES string of the molecule is CC(C)(C)c1cc(CP(C2CCCCN2)C2CCCCN2)c(CP(C23CC4CC(CC(C4)C2)C3)C23CC4CC(CC(C4)C2)C3)cc1C(C)(C)C. The van der Waals surface area contributed by atoms with Crippen LogP contribution >= 0.6 is 15.8 Å². The molecule has 0 amide bonds. The molecule has 2 atom stereocenters. The zero-order valence-corrected chi connectivity index (χ0v) is 35.0. The van der Waals surface area contributed by atoms with E-state index in [0.29, 0.717) is 10.3 Å². The first-order valence-electron chi connectivity index (χ1n) is 22.0. The van der Waals surface area contributed by atoms with Crippen LogP contribution in [0.2, 0.25) is 0 Å². The van der Waals surface area contributed by atoms with Gasteiger partial charge in [0.1, 0.15) is 0 Å². The quantitative estimate of drug-likeness (QED) is 0.262. The van der Waals surface area contributed by atoms with Gasteiger partial charge in [-0.05, 0) is 207 Å². The molecule has 2 unspecified atom stereocenters. The first-order valence-corrected chi connectivity index (χ1v) is 25.2. The molecule has 4 heteroatoms. The summed E-state index contributed by atoms with van der Waals surface area (Å²) in [7, 11) is -0.235. The molecule has 0 aromatic heterocycles. The molecule has 8 bridgehead atoms. The van der Waals surface area contributed by atoms with Crippen LogP contribution in [0.3, 0.4) is 0 Å². The smallest absolute Gasteiger partial charge is 0.0286 e. The Hall–Kier alpha value is -0.0000000000000000555. The van der Waals surface area contributed by atoms with Crippen LogP contribution < -0.4 is 10.6 Å². The van der Waals surface area contributed by atoms with E-state index in [4.69, 9.17) is 0 Å². The minimum absolute atomic E-state index is 0.0653. The zero-order chi connectivity index (χ0) is 34.5. The molecule has 2 nitrogen and oxygen atoms in total. The Labute approximate surface area is 310 Å². The molecule has 0 radical (unpaired) electrons. The van der Waals surface area contributed by atoms with Crippen LogP contribution in [-0.2, 0) is 23.2 Å². The van der Waals surface area contributed by atoms with Gasteiger partial charge in [-0.1, -0.05) is 82.4 Å². The lowest BCUT2D eigenvalue weighted by Gasteiger charge is -2.67. The molecular weight excluding hydrogens is 642 g/mol. The molecule has 8 saturated carbocycles. The Morgan fingerprint density at radius 2 is 0.900 bits per heavy atom. The summed E-state index contributed by atoms with van der Waals surface area (Å²) >= 11 is 0. The van der Waals surface area contributed by atoms with Crippen molar-refractivity contribution in [1.29, 1.82) is 0 Å². The molecule has 10 aliphatic rings. The summed E-state index contributed by atoms with van der Waals surface area (Å²) in [5.41, 5.74) is 7.33. The molecule has 2 N–H and O–H groups in total. The summed E-state index contributed by atoms with van der Waals surface area (Å²) in [5, 5.41) is 9.68. The third-order valence-corrected chi connectivity index (χ3v) is 23.4. The summed E-state index contributed by atoms with van der Waals surface area (Å²) in [4.78, 5) is 0. The fraction of sp³-hybridized carbons (Fsp3) is 0.870. The van der Waals surface area contributed by atoms with Gasteiger partial charge in [0.25, 0.3) is 0 Å². The van der Waals surface area contributed by atoms with Crippen LogP contribution in [0.5, 0.6) is 0 Å². The Bertz CT molecular complexity index is 1260. The van der Waals surface area contributed by atoms with Crippen molar-refractivity contribution in [3.05, 3.63) is 34.4 Å². The van der Waals surface area contributed by atoms with Crippen molar-refractivity contribution in [2.75, 3.05) is 13.1 Å². The van der Waals surface area contributed by atoms with Crippen molar-refractivity contribution < 1.29 is 0 Å². The van der Waals surface area contributed by atoms with Gasteiger partial charge in [-0.25, -0.2) is 0 Å². The van der Waals surface area contributed by atoms with E-state index in [1.807, 2.05) is 11.1 Å². The number of piperidine rings is 2. The standard InChI is InChI=1S/C46H74N2P2/c1-43(2,3)39-21-37(29-49(41-11-7-9-13-47-41)42-12-8-10-14-48-42)38(22-40(39)44(4,5)6)30-50(45-23-31-15-32(24-45)17-33(16-31)25-45)46-26-34-18-35(27-46)20-36(19-34)28-46/h21-22,31-36,41-42,47-48H,7-20,23-30H2,1-6H3. The molecular formula is C46H74N2P2. The maximum Gasteiger partial charge on any atom is 0.0286 e. The number of hydrogen-bond acceptors (Lipinski definition) is 2. The van der Waals surface area contributed by atoms with E-state index in [2.05, 4.69) is 64.3 Å². The number of hydrogen-bond donors (Lipinski definition) is 2. The van der Waals surface area contributed by atoms with E-state index in [0.717, 1.165) is 47.1 Å². The zero-order valence-electron chi connectivity index (χ0n) is 33.2. The lowest BCUT2D eigenvalue weighted by atomic mass is 9.55. The number of nitrogens with one attached hydrogen (secondary N) is 2. The minimum Gasteiger partial charge on any atom is -0.310 e. The summed E-state index contributed by atoms with van der Waals surface area (Å²) < 4.78 is 0. The van der Waals surface area contributed by atoms with Crippen molar-refractivity contribution >= 4 is 15.8 Å². The van der Waals surface area contributed by atoms with Crippen molar-refractivity contribution in [2.45, 2.75) is 202 Å². The van der Waals surface area contributed by atoms with Gasteiger partial charge < -0.3 is 10.6 Å². The normalized spacial score (nSPS) is 42.2. The van der Waals surface area contributed by atoms with Gasteiger partial charge in [0.15, 0.2) is 0 Å². The van der Waals surface area contributed by atoms with E-state index in [1.165, 1.54) is 63.9 Å². The third-order valence-electron chi connectivity index (χ3n) is 16.2. The summed E-state index contributed by atoms with van der Waals surface area (Å²) in [5.74, 6) is 7.86. The first kappa shape index (κ1) is 35.7. The second-order valence-corrected chi connectivity index (χ2v) is 27.8. The molecule has 1 aromatic carbocycles. The molecule has 10 fully saturated rings. The predicted molar refractivity (Wildman–Crippen MR) is 218 cm³/mol. The van der Waals surface area contributed by atoms with Gasteiger partial charge in [0.2, 0.25) is 0 Å². The maximum atomic E-state index is 4.15. The Morgan fingerprint density at radius 3 is 1.22 bits per heavy atom. The third kappa shape index (κ3) is 6.68. The van der Waals surface area contributed by atoms with E-state index < -0.39 is 0 Å². The van der Waals surface area contributed by atoms with Crippen molar-refractivity contribution in [3.63, 3.8) is 0 Å². The number of rotatable bonds is 8. The molecule has 278 valence electrons. The van der Waals surface area contributed by atoms with Crippen LogP contribution in [0.1, 0.15) is 179 Å². The van der Waals surface area contributed by atoms with Gasteiger partial charge in [0, 0.05) is 11.6 Å². The molecule has 11 rings (SSSR count). The molecule has 2 heterocycles. The van der Waals surface area contributed by atoms with Crippen LogP contribution in [0, 0.1) is 35.5 Å². The van der Waals surface area contributed by atoms with Gasteiger partial charge >= 0.3 is 0 Å². The highest BCUT2D eigenvalue weighted by Crippen LogP contribution is 2.80. The average molecular weight is 717 g/mol. The largest absolute Gasteiger partial charge is 0.310 e. The molecule has 2 saturated heterocycles. The van der Waals surface area contributed by atoms with Crippen molar-refractivity contribution in [2.24, 2.45) is 35.5 Å². The van der Waals surface area contributed by atoms with Gasteiger partial charge in [0.05, 0.1) is 0 Å². The monoisotopic (exact) mass is 717 g/mol. The summed E-state index contributed by atoms with van der Waals surface area (Å²) in [6, 6.07) is 5.77. The van der Waals surface area contributed by atoms with Crippen LogP contribution in [0.4, 0.5) is 0 Å². The molecule has 1 aromatic rings. The minimum atomic E-state index is -0.170. The highest BCUT2D eigenvalue weighted by molar-refractivity contribution is 7.60. The van der Waals surface area contributed by atoms with Crippen LogP contribution in [-0.4, -0.2) is 35.0 Å². The van der Waals surface area contributed by atoms with E-state index >= 15 is 0 Å². The highest BCUT2D eigenvalue weighted by atomic mass is 31.1. The van der Waals surface area contributed by atoms with Crippen LogP contribution in [0.15, 0.2) is 12.1 Å². The highest BCUT2D eigenvalue weighted by Gasteiger charge is 2.62. The maximum absolute atomic E-state index is 4.15. The fourth-order valence-electron chi connectivity index (χ4n) is 14.9. The fourth-order valence-corrected chi connectivity index (χ4v) is 23.4. The molecule has 2 aliphatic heterocycles. The second kappa shape index (κ2) is 13.3. The van der Waals surface area contributed by atoms with Gasteiger partial charge in [-0.3, -0.25) is 0 Å². The van der Waals surface area contributed by atoms with Gasteiger partial charge in [-0.2, -0.15) is 0 Å². The molecule has 0 spiro atoms. The molecule has 8 aliphatic carbocycles. The summed E-state index contributed by atoms with van der Waals surface area (Å²) in [6.45, 7) is 17.6. The van der Waals surface area contributed by atoms with Crippen LogP contribution in [0.25, 0.3) is 0 Å². The average Bonchev–Trinajstić information content (AvgIpc) is 3.04. The molecule has 50 heavy (non-hydrogen) atoms.